The maximum atomic E-state index is 14.1. The van der Waals surface area contributed by atoms with E-state index in [0.29, 0.717) is 36.0 Å². The second kappa shape index (κ2) is 7.50. The molecule has 4 heterocycles. The molecule has 3 aromatic heterocycles. The lowest BCUT2D eigenvalue weighted by molar-refractivity contribution is -0.183. The van der Waals surface area contributed by atoms with Gasteiger partial charge in [-0.2, -0.15) is 13.2 Å². The van der Waals surface area contributed by atoms with Crippen molar-refractivity contribution in [3.63, 3.8) is 0 Å². The van der Waals surface area contributed by atoms with Crippen molar-refractivity contribution in [1.29, 1.82) is 0 Å². The summed E-state index contributed by atoms with van der Waals surface area (Å²) in [6.45, 7) is 0.529. The number of hydrogen-bond acceptors (Lipinski definition) is 5. The molecule has 1 aliphatic heterocycles. The molecule has 4 aromatic rings. The molecule has 170 valence electrons. The van der Waals surface area contributed by atoms with Crippen LogP contribution >= 0.6 is 0 Å². The number of alkyl halides is 3. The van der Waals surface area contributed by atoms with E-state index in [0.717, 1.165) is 10.9 Å². The summed E-state index contributed by atoms with van der Waals surface area (Å²) in [6.07, 6.45) is 0.0121. The van der Waals surface area contributed by atoms with Crippen LogP contribution in [0.4, 0.5) is 13.2 Å². The fourth-order valence-electron chi connectivity index (χ4n) is 4.83. The van der Waals surface area contributed by atoms with Crippen LogP contribution in [0.2, 0.25) is 0 Å². The molecule has 33 heavy (non-hydrogen) atoms. The highest BCUT2D eigenvalue weighted by Gasteiger charge is 2.46. The minimum absolute atomic E-state index is 0.141. The second-order valence-electron chi connectivity index (χ2n) is 9.12. The van der Waals surface area contributed by atoms with Crippen LogP contribution in [0.5, 0.6) is 0 Å². The Hall–Kier alpha value is -3.04. The third kappa shape index (κ3) is 3.75. The molecule has 2 fully saturated rings. The number of nitrogens with two attached hydrogens (primary N) is 1. The maximum absolute atomic E-state index is 14.1. The maximum Gasteiger partial charge on any atom is 0.408 e. The van der Waals surface area contributed by atoms with E-state index in [9.17, 15) is 13.2 Å². The average molecular weight is 452 g/mol. The van der Waals surface area contributed by atoms with Gasteiger partial charge >= 0.3 is 6.18 Å². The molecule has 2 aliphatic rings. The summed E-state index contributed by atoms with van der Waals surface area (Å²) in [4.78, 5) is 6.18. The van der Waals surface area contributed by atoms with E-state index in [1.54, 1.807) is 10.5 Å². The van der Waals surface area contributed by atoms with E-state index in [2.05, 4.69) is 28.4 Å². The molecule has 0 amide bonds. The molecular weight excluding hydrogens is 429 g/mol. The van der Waals surface area contributed by atoms with Crippen molar-refractivity contribution >= 4 is 16.6 Å². The predicted octanol–water partition coefficient (Wildman–Crippen LogP) is 4.46. The van der Waals surface area contributed by atoms with Crippen molar-refractivity contribution in [2.45, 2.75) is 43.4 Å². The van der Waals surface area contributed by atoms with Gasteiger partial charge in [-0.3, -0.25) is 9.30 Å². The summed E-state index contributed by atoms with van der Waals surface area (Å²) >= 11 is 0. The zero-order chi connectivity index (χ0) is 22.7. The van der Waals surface area contributed by atoms with Crippen molar-refractivity contribution in [2.24, 2.45) is 5.73 Å². The summed E-state index contributed by atoms with van der Waals surface area (Å²) in [5.74, 6) is 1.03. The van der Waals surface area contributed by atoms with E-state index in [4.69, 9.17) is 10.7 Å². The van der Waals surface area contributed by atoms with Crippen LogP contribution in [0.25, 0.3) is 28.1 Å². The van der Waals surface area contributed by atoms with Gasteiger partial charge in [-0.05, 0) is 54.5 Å². The average Bonchev–Trinajstić information content (AvgIpc) is 3.42. The number of likely N-dealkylation sites (tertiary alicyclic amines) is 1. The van der Waals surface area contributed by atoms with Gasteiger partial charge in [-0.1, -0.05) is 24.3 Å². The molecule has 2 N–H and O–H groups in total. The number of nitrogens with zero attached hydrogens (tertiary/aromatic N) is 5. The zero-order valence-corrected chi connectivity index (χ0v) is 17.8. The van der Waals surface area contributed by atoms with Gasteiger partial charge in [-0.25, -0.2) is 4.98 Å². The van der Waals surface area contributed by atoms with Crippen LogP contribution in [0.1, 0.15) is 42.3 Å². The monoisotopic (exact) mass is 452 g/mol. The van der Waals surface area contributed by atoms with Crippen molar-refractivity contribution in [3.8, 4) is 11.5 Å². The topological polar surface area (TPSA) is 72.3 Å². The Balaban J connectivity index is 1.43. The van der Waals surface area contributed by atoms with E-state index >= 15 is 0 Å². The van der Waals surface area contributed by atoms with Crippen molar-refractivity contribution < 1.29 is 13.2 Å². The van der Waals surface area contributed by atoms with Gasteiger partial charge in [0.15, 0.2) is 11.5 Å². The third-order valence-electron chi connectivity index (χ3n) is 6.67. The van der Waals surface area contributed by atoms with E-state index < -0.39 is 12.2 Å². The van der Waals surface area contributed by atoms with Crippen LogP contribution in [-0.4, -0.2) is 49.8 Å². The lowest BCUT2D eigenvalue weighted by Crippen LogP contribution is -2.38. The van der Waals surface area contributed by atoms with Gasteiger partial charge < -0.3 is 5.73 Å². The van der Waals surface area contributed by atoms with Gasteiger partial charge in [0.25, 0.3) is 0 Å². The Kier molecular flexibility index (Phi) is 4.67. The fourth-order valence-corrected chi connectivity index (χ4v) is 4.83. The predicted molar refractivity (Wildman–Crippen MR) is 119 cm³/mol. The van der Waals surface area contributed by atoms with E-state index in [1.165, 1.54) is 35.6 Å². The summed E-state index contributed by atoms with van der Waals surface area (Å²) in [5.41, 5.74) is 9.21. The largest absolute Gasteiger partial charge is 0.408 e. The third-order valence-corrected chi connectivity index (χ3v) is 6.67. The number of pyridine rings is 2. The zero-order valence-electron chi connectivity index (χ0n) is 17.8. The van der Waals surface area contributed by atoms with Crippen molar-refractivity contribution in [3.05, 3.63) is 59.8 Å². The lowest BCUT2D eigenvalue weighted by atomic mass is 10.1. The van der Waals surface area contributed by atoms with Gasteiger partial charge in [-0.15, -0.1) is 10.2 Å². The fraction of sp³-hybridized carbons (Fsp3) is 0.375. The molecule has 0 bridgehead atoms. The van der Waals surface area contributed by atoms with Gasteiger partial charge in [0.1, 0.15) is 11.7 Å². The van der Waals surface area contributed by atoms with Crippen LogP contribution in [0.3, 0.4) is 0 Å². The number of halogens is 3. The first kappa shape index (κ1) is 20.6. The molecule has 9 heteroatoms. The molecule has 1 saturated heterocycles. The minimum Gasteiger partial charge on any atom is -0.326 e. The van der Waals surface area contributed by atoms with Crippen molar-refractivity contribution in [1.82, 2.24) is 24.5 Å². The quantitative estimate of drug-likeness (QED) is 0.495. The summed E-state index contributed by atoms with van der Waals surface area (Å²) in [7, 11) is 0. The van der Waals surface area contributed by atoms with Crippen molar-refractivity contribution in [2.75, 3.05) is 13.1 Å². The Morgan fingerprint density at radius 1 is 1.00 bits per heavy atom. The second-order valence-corrected chi connectivity index (χ2v) is 9.12. The smallest absolute Gasteiger partial charge is 0.326 e. The highest BCUT2D eigenvalue weighted by Crippen LogP contribution is 2.41. The lowest BCUT2D eigenvalue weighted by Gasteiger charge is -2.30. The molecule has 2 atom stereocenters. The summed E-state index contributed by atoms with van der Waals surface area (Å²) < 4.78 is 43.8. The molecular formula is C24H23F3N6. The van der Waals surface area contributed by atoms with E-state index in [-0.39, 0.29) is 18.2 Å². The molecule has 1 aliphatic carbocycles. The minimum atomic E-state index is -4.42. The molecule has 6 rings (SSSR count). The number of rotatable bonds is 4. The Bertz CT molecular complexity index is 1340. The van der Waals surface area contributed by atoms with Crippen LogP contribution in [0.15, 0.2) is 48.7 Å². The Morgan fingerprint density at radius 2 is 1.82 bits per heavy atom. The van der Waals surface area contributed by atoms with Crippen LogP contribution < -0.4 is 5.73 Å². The van der Waals surface area contributed by atoms with Crippen LogP contribution in [0, 0.1) is 0 Å². The van der Waals surface area contributed by atoms with E-state index in [1.807, 2.05) is 12.1 Å². The molecule has 0 radical (unpaired) electrons. The molecule has 1 aromatic carbocycles. The molecule has 0 spiro atoms. The summed E-state index contributed by atoms with van der Waals surface area (Å²) in [5, 5.41) is 9.43. The first-order chi connectivity index (χ1) is 15.9. The Labute approximate surface area is 188 Å². The Morgan fingerprint density at radius 3 is 2.55 bits per heavy atom. The van der Waals surface area contributed by atoms with Gasteiger partial charge in [0, 0.05) is 30.7 Å². The molecule has 0 unspecified atom stereocenters. The van der Waals surface area contributed by atoms with Gasteiger partial charge in [0.2, 0.25) is 0 Å². The number of aromatic nitrogens is 4. The first-order valence-electron chi connectivity index (χ1n) is 11.2. The highest BCUT2D eigenvalue weighted by molar-refractivity contribution is 5.82. The SMILES string of the molecule is N[C@H]1CCN([C@@H](c2ccc3nnc(-c4ccc5ccc(C6CC6)cc5n4)n3c2)C(F)(F)F)C1. The number of hydrogen-bond donors (Lipinski definition) is 1. The van der Waals surface area contributed by atoms with Gasteiger partial charge in [0.05, 0.1) is 5.52 Å². The van der Waals surface area contributed by atoms with Crippen LogP contribution in [-0.2, 0) is 0 Å². The standard InChI is InChI=1S/C24H23F3N6/c25-24(26,27)22(32-10-9-18(28)13-32)17-6-8-21-30-31-23(33(21)12-17)19-7-5-15-3-4-16(14-1-2-14)11-20(15)29-19/h3-8,11-12,14,18,22H,1-2,9-10,13,28H2/t18-,22-/m0/s1. The molecule has 1 saturated carbocycles. The first-order valence-corrected chi connectivity index (χ1v) is 11.2. The normalized spacial score (nSPS) is 20.7. The number of fused-ring (bicyclic) bond motifs is 2. The number of benzene rings is 1. The summed E-state index contributed by atoms with van der Waals surface area (Å²) in [6, 6.07) is 11.2. The molecule has 6 nitrogen and oxygen atoms in total. The highest BCUT2D eigenvalue weighted by atomic mass is 19.4.